The number of hydrogen-bond donors (Lipinski definition) is 3. The smallest absolute Gasteiger partial charge is 0.323 e. The number of carbonyl (C=O) groups excluding carboxylic acids is 5. The maximum atomic E-state index is 13.6. The maximum absolute atomic E-state index is 13.6. The van der Waals surface area contributed by atoms with Gasteiger partial charge in [-0.15, -0.1) is 0 Å². The quantitative estimate of drug-likeness (QED) is 0.0489. The van der Waals surface area contributed by atoms with Crippen molar-refractivity contribution >= 4 is 46.1 Å². The minimum Gasteiger partial charge on any atom is -0.517 e. The fraction of sp³-hybridized carbons (Fsp3) is 0.851. The highest BCUT2D eigenvalue weighted by Gasteiger charge is 2.48. The van der Waals surface area contributed by atoms with E-state index in [0.717, 1.165) is 38.5 Å². The van der Waals surface area contributed by atoms with E-state index in [0.29, 0.717) is 18.8 Å². The molecule has 364 valence electrons. The van der Waals surface area contributed by atoms with Gasteiger partial charge in [-0.25, -0.2) is 9.59 Å². The first-order chi connectivity index (χ1) is 28.9. The van der Waals surface area contributed by atoms with Crippen molar-refractivity contribution in [1.82, 2.24) is 0 Å². The number of Topliss-reactive ketones (excluding diaryl/α,β-unsaturated/α-hetero) is 2. The molecule has 0 aromatic heterocycles. The van der Waals surface area contributed by atoms with Crippen LogP contribution in [0.25, 0.3) is 0 Å². The molecule has 13 atom stereocenters. The molecule has 0 aliphatic carbocycles. The molecule has 2 heterocycles. The molecule has 0 saturated carbocycles. The number of aliphatic hydroxyl groups excluding tert-OH is 3. The van der Waals surface area contributed by atoms with Crippen LogP contribution < -0.4 is 0 Å². The highest BCUT2D eigenvalue weighted by atomic mass is 28.4. The van der Waals surface area contributed by atoms with Crippen LogP contribution >= 0.6 is 0 Å². The van der Waals surface area contributed by atoms with Gasteiger partial charge in [-0.3, -0.25) is 14.4 Å². The average molecular weight is 929 g/mol. The number of esters is 1. The van der Waals surface area contributed by atoms with Crippen LogP contribution in [0.2, 0.25) is 39.3 Å². The average Bonchev–Trinajstić information content (AvgIpc) is 3.16. The monoisotopic (exact) mass is 929 g/mol. The first kappa shape index (κ1) is 56.8. The summed E-state index contributed by atoms with van der Waals surface area (Å²) in [5.41, 5.74) is -0.569. The predicted octanol–water partition coefficient (Wildman–Crippen LogP) is 7.46. The molecule has 0 radical (unpaired) electrons. The van der Waals surface area contributed by atoms with Crippen molar-refractivity contribution in [2.75, 3.05) is 7.11 Å². The number of methoxy groups -OCH3 is 1. The first-order valence-electron chi connectivity index (χ1n) is 23.2. The Morgan fingerprint density at radius 1 is 0.730 bits per heavy atom. The maximum Gasteiger partial charge on any atom is 0.323 e. The van der Waals surface area contributed by atoms with Crippen molar-refractivity contribution in [3.05, 3.63) is 11.1 Å². The van der Waals surface area contributed by atoms with Crippen LogP contribution in [0.4, 0.5) is 0 Å². The van der Waals surface area contributed by atoms with E-state index in [1.54, 1.807) is 67.0 Å². The van der Waals surface area contributed by atoms with Crippen LogP contribution in [-0.4, -0.2) is 117 Å². The Morgan fingerprint density at radius 3 is 1.81 bits per heavy atom. The first-order valence-corrected chi connectivity index (χ1v) is 30.1. The number of carbonyl (C=O) groups is 5. The summed E-state index contributed by atoms with van der Waals surface area (Å²) in [6.45, 7) is 27.2. The molecular formula is C47H84O14Si2. The molecule has 3 N–H and O–H groups in total. The third-order valence-corrected chi connectivity index (χ3v) is 14.3. The summed E-state index contributed by atoms with van der Waals surface area (Å²) in [4.78, 5) is 65.1. The Balaban J connectivity index is 2.09. The van der Waals surface area contributed by atoms with E-state index in [1.165, 1.54) is 14.0 Å². The predicted molar refractivity (Wildman–Crippen MR) is 245 cm³/mol. The van der Waals surface area contributed by atoms with Gasteiger partial charge in [0, 0.05) is 43.8 Å². The van der Waals surface area contributed by atoms with Gasteiger partial charge in [-0.2, -0.15) is 0 Å². The fourth-order valence-corrected chi connectivity index (χ4v) is 9.86. The molecule has 16 heteroatoms. The minimum atomic E-state index is -2.50. The standard InChI is InChI=1S/C47H84O14Si2/c1-27(2)42(57-40(53)26-37(51)41(46(55)61-63(14,15)16)33(8)45(54)60-62(11,12)13)44(56-10)38(52)25-36(50)32(7)35(49)19-17-30(5)43-31(6)22-24-47(59-43)23-21-29(4)39(58-47)20-18-28(3)34(9)48/h27-32,35,37-39,42-44,49,51-52H,17-26H2,1-16H3/b41-33-/t28-,29+,30+,31-,32-,35-,37+,38+,39-,42+,43-,44-,47+/m0/s1. The van der Waals surface area contributed by atoms with Crippen molar-refractivity contribution in [1.29, 1.82) is 0 Å². The van der Waals surface area contributed by atoms with Crippen LogP contribution in [0.5, 0.6) is 0 Å². The van der Waals surface area contributed by atoms with E-state index in [2.05, 4.69) is 20.8 Å². The van der Waals surface area contributed by atoms with Crippen LogP contribution in [-0.2, 0) is 51.8 Å². The number of ketones is 2. The second kappa shape index (κ2) is 24.5. The molecule has 2 saturated heterocycles. The highest BCUT2D eigenvalue weighted by Crippen LogP contribution is 2.46. The van der Waals surface area contributed by atoms with E-state index in [1.807, 2.05) is 6.92 Å². The van der Waals surface area contributed by atoms with Gasteiger partial charge in [-0.05, 0) is 115 Å². The lowest BCUT2D eigenvalue weighted by Gasteiger charge is -2.51. The Hall–Kier alpha value is -2.32. The Bertz CT molecular complexity index is 1570. The highest BCUT2D eigenvalue weighted by molar-refractivity contribution is 6.72. The summed E-state index contributed by atoms with van der Waals surface area (Å²) in [5, 5.41) is 33.8. The summed E-state index contributed by atoms with van der Waals surface area (Å²) >= 11 is 0. The van der Waals surface area contributed by atoms with Crippen LogP contribution in [0, 0.1) is 35.5 Å². The summed E-state index contributed by atoms with van der Waals surface area (Å²) in [7, 11) is -3.56. The minimum absolute atomic E-state index is 0.00458. The van der Waals surface area contributed by atoms with Crippen molar-refractivity contribution in [2.24, 2.45) is 35.5 Å². The third kappa shape index (κ3) is 17.8. The molecule has 2 rings (SSSR count). The van der Waals surface area contributed by atoms with Crippen LogP contribution in [0.15, 0.2) is 11.1 Å². The van der Waals surface area contributed by atoms with Gasteiger partial charge in [0.15, 0.2) is 5.79 Å². The van der Waals surface area contributed by atoms with E-state index in [4.69, 9.17) is 27.8 Å². The molecule has 0 amide bonds. The van der Waals surface area contributed by atoms with E-state index in [-0.39, 0.29) is 53.5 Å². The zero-order chi connectivity index (χ0) is 48.4. The number of aliphatic hydroxyl groups is 3. The van der Waals surface area contributed by atoms with Gasteiger partial charge in [0.1, 0.15) is 23.8 Å². The summed E-state index contributed by atoms with van der Waals surface area (Å²) in [6.07, 6.45) is -1.48. The molecule has 1 spiro atoms. The van der Waals surface area contributed by atoms with E-state index >= 15 is 0 Å². The van der Waals surface area contributed by atoms with E-state index < -0.39 is 94.7 Å². The van der Waals surface area contributed by atoms with Gasteiger partial charge in [-0.1, -0.05) is 48.5 Å². The van der Waals surface area contributed by atoms with Gasteiger partial charge in [0.05, 0.1) is 42.5 Å². The molecule has 0 unspecified atom stereocenters. The summed E-state index contributed by atoms with van der Waals surface area (Å²) in [5.74, 6) is -4.03. The normalized spacial score (nSPS) is 26.3. The SMILES string of the molecule is CO[C@@H]([C@H](O)CC(=O)[C@@H](C)[C@@H](O)CC[C@@H](C)[C@@H]1O[C@]2(CC[C@@H](C)[C@H](CC[C@H](C)C(C)=O)O2)CC[C@@H]1C)[C@H](OC(=O)C[C@@H](O)/C(C(=O)O[Si](C)(C)C)=C(\C)C(=O)O[Si](C)(C)C)C(C)C. The molecule has 63 heavy (non-hydrogen) atoms. The molecule has 2 fully saturated rings. The van der Waals surface area contributed by atoms with Crippen molar-refractivity contribution in [3.63, 3.8) is 0 Å². The molecular weight excluding hydrogens is 845 g/mol. The molecule has 0 aromatic rings. The molecule has 2 aliphatic rings. The second-order valence-electron chi connectivity index (χ2n) is 21.1. The summed E-state index contributed by atoms with van der Waals surface area (Å²) < 4.78 is 36.1. The molecule has 14 nitrogen and oxygen atoms in total. The second-order valence-corrected chi connectivity index (χ2v) is 29.9. The Morgan fingerprint density at radius 2 is 1.29 bits per heavy atom. The van der Waals surface area contributed by atoms with Gasteiger partial charge >= 0.3 is 17.9 Å². The van der Waals surface area contributed by atoms with Crippen molar-refractivity contribution < 1.29 is 67.1 Å². The lowest BCUT2D eigenvalue weighted by atomic mass is 9.79. The van der Waals surface area contributed by atoms with Crippen LogP contribution in [0.3, 0.4) is 0 Å². The van der Waals surface area contributed by atoms with Crippen molar-refractivity contribution in [3.8, 4) is 0 Å². The Labute approximate surface area is 380 Å². The Kier molecular flexibility index (Phi) is 22.1. The van der Waals surface area contributed by atoms with Gasteiger partial charge in [0.2, 0.25) is 16.6 Å². The van der Waals surface area contributed by atoms with Crippen LogP contribution in [0.1, 0.15) is 127 Å². The summed E-state index contributed by atoms with van der Waals surface area (Å²) in [6, 6.07) is 0. The van der Waals surface area contributed by atoms with Gasteiger partial charge in [0.25, 0.3) is 0 Å². The molecule has 0 bridgehead atoms. The largest absolute Gasteiger partial charge is 0.517 e. The zero-order valence-corrected chi connectivity index (χ0v) is 43.4. The van der Waals surface area contributed by atoms with E-state index in [9.17, 15) is 39.3 Å². The zero-order valence-electron chi connectivity index (χ0n) is 41.4. The lowest BCUT2D eigenvalue weighted by Crippen LogP contribution is -2.53. The number of hydrogen-bond acceptors (Lipinski definition) is 14. The number of rotatable bonds is 24. The fourth-order valence-electron chi connectivity index (χ4n) is 8.49. The van der Waals surface area contributed by atoms with Gasteiger partial charge < -0.3 is 43.1 Å². The van der Waals surface area contributed by atoms with Crippen molar-refractivity contribution in [2.45, 2.75) is 214 Å². The lowest BCUT2D eigenvalue weighted by molar-refractivity contribution is -0.338. The molecule has 0 aromatic carbocycles. The number of ether oxygens (including phenoxy) is 4. The third-order valence-electron chi connectivity index (χ3n) is 12.7. The molecule has 2 aliphatic heterocycles. The topological polar surface area (TPSA) is 201 Å².